The molecule has 4 atom stereocenters. The maximum absolute atomic E-state index is 12.8. The van der Waals surface area contributed by atoms with Crippen LogP contribution in [0.25, 0.3) is 0 Å². The molecule has 0 unspecified atom stereocenters. The van der Waals surface area contributed by atoms with Crippen molar-refractivity contribution in [3.8, 4) is 0 Å². The minimum absolute atomic E-state index is 0.0398. The van der Waals surface area contributed by atoms with Crippen LogP contribution in [0.3, 0.4) is 0 Å². The Morgan fingerprint density at radius 2 is 2.32 bits per heavy atom. The Bertz CT molecular complexity index is 501. The van der Waals surface area contributed by atoms with Crippen LogP contribution in [-0.2, 0) is 19.1 Å². The molecule has 1 amide bonds. The molecule has 0 aromatic rings. The molecule has 2 saturated heterocycles. The van der Waals surface area contributed by atoms with E-state index in [0.717, 1.165) is 12.8 Å². The van der Waals surface area contributed by atoms with Crippen molar-refractivity contribution >= 4 is 11.9 Å². The largest absolute Gasteiger partial charge is 0.465 e. The highest BCUT2D eigenvalue weighted by molar-refractivity contribution is 5.91. The third-order valence-corrected chi connectivity index (χ3v) is 4.78. The third-order valence-electron chi connectivity index (χ3n) is 4.78. The number of rotatable bonds is 6. The molecular weight excluding hydrogens is 282 g/mol. The molecule has 0 radical (unpaired) electrons. The van der Waals surface area contributed by atoms with E-state index in [1.54, 1.807) is 0 Å². The lowest BCUT2D eigenvalue weighted by Crippen LogP contribution is -2.40. The van der Waals surface area contributed by atoms with Gasteiger partial charge < -0.3 is 14.4 Å². The average Bonchev–Trinajstić information content (AvgIpc) is 3.07. The maximum Gasteiger partial charge on any atom is 0.312 e. The van der Waals surface area contributed by atoms with Gasteiger partial charge in [-0.15, -0.1) is 0 Å². The molecule has 3 aliphatic heterocycles. The summed E-state index contributed by atoms with van der Waals surface area (Å²) in [6, 6.07) is 0. The SMILES string of the molecule is CCCCOC(=O)[C@@H]1[C@@H]2C=C[C@]3(CN(CC(C)C)C(=O)[C@H]13)O2. The Hall–Kier alpha value is -1.36. The average molecular weight is 307 g/mol. The van der Waals surface area contributed by atoms with Crippen LogP contribution in [0, 0.1) is 17.8 Å². The van der Waals surface area contributed by atoms with E-state index in [4.69, 9.17) is 9.47 Å². The van der Waals surface area contributed by atoms with Crippen molar-refractivity contribution < 1.29 is 19.1 Å². The molecule has 1 spiro atoms. The number of hydrogen-bond acceptors (Lipinski definition) is 4. The van der Waals surface area contributed by atoms with Crippen LogP contribution >= 0.6 is 0 Å². The Morgan fingerprint density at radius 3 is 3.00 bits per heavy atom. The zero-order valence-electron chi connectivity index (χ0n) is 13.6. The Morgan fingerprint density at radius 1 is 1.55 bits per heavy atom. The highest BCUT2D eigenvalue weighted by Crippen LogP contribution is 2.52. The lowest BCUT2D eigenvalue weighted by atomic mass is 9.77. The number of carbonyl (C=O) groups excluding carboxylic acids is 2. The second-order valence-corrected chi connectivity index (χ2v) is 7.03. The first kappa shape index (κ1) is 15.5. The van der Waals surface area contributed by atoms with Crippen molar-refractivity contribution in [3.05, 3.63) is 12.2 Å². The number of fused-ring (bicyclic) bond motifs is 1. The van der Waals surface area contributed by atoms with Gasteiger partial charge in [0.1, 0.15) is 11.5 Å². The van der Waals surface area contributed by atoms with Gasteiger partial charge >= 0.3 is 5.97 Å². The Labute approximate surface area is 131 Å². The zero-order chi connectivity index (χ0) is 15.9. The predicted molar refractivity (Wildman–Crippen MR) is 81.0 cm³/mol. The minimum Gasteiger partial charge on any atom is -0.465 e. The van der Waals surface area contributed by atoms with Gasteiger partial charge in [-0.05, 0) is 12.3 Å². The van der Waals surface area contributed by atoms with E-state index in [2.05, 4.69) is 20.8 Å². The Balaban J connectivity index is 1.76. The molecule has 0 aliphatic carbocycles. The maximum atomic E-state index is 12.8. The first-order valence-corrected chi connectivity index (χ1v) is 8.31. The summed E-state index contributed by atoms with van der Waals surface area (Å²) in [4.78, 5) is 27.0. The summed E-state index contributed by atoms with van der Waals surface area (Å²) in [6.07, 6.45) is 5.43. The van der Waals surface area contributed by atoms with Gasteiger partial charge in [0, 0.05) is 6.54 Å². The van der Waals surface area contributed by atoms with Gasteiger partial charge in [-0.3, -0.25) is 9.59 Å². The van der Waals surface area contributed by atoms with Crippen LogP contribution in [0.4, 0.5) is 0 Å². The number of esters is 1. The van der Waals surface area contributed by atoms with Gasteiger partial charge in [0.05, 0.1) is 25.2 Å². The summed E-state index contributed by atoms with van der Waals surface area (Å²) >= 11 is 0. The van der Waals surface area contributed by atoms with Crippen LogP contribution in [-0.4, -0.2) is 48.2 Å². The second-order valence-electron chi connectivity index (χ2n) is 7.03. The van der Waals surface area contributed by atoms with E-state index < -0.39 is 17.4 Å². The zero-order valence-corrected chi connectivity index (χ0v) is 13.6. The topological polar surface area (TPSA) is 55.8 Å². The number of nitrogens with zero attached hydrogens (tertiary/aromatic N) is 1. The van der Waals surface area contributed by atoms with Crippen LogP contribution in [0.5, 0.6) is 0 Å². The monoisotopic (exact) mass is 307 g/mol. The quantitative estimate of drug-likeness (QED) is 0.426. The molecule has 3 heterocycles. The Kier molecular flexibility index (Phi) is 4.02. The van der Waals surface area contributed by atoms with E-state index in [9.17, 15) is 9.59 Å². The van der Waals surface area contributed by atoms with Crippen LogP contribution in [0.2, 0.25) is 0 Å². The van der Waals surface area contributed by atoms with E-state index >= 15 is 0 Å². The minimum atomic E-state index is -0.606. The van der Waals surface area contributed by atoms with E-state index in [-0.39, 0.29) is 18.0 Å². The first-order valence-electron chi connectivity index (χ1n) is 8.31. The third kappa shape index (κ3) is 2.35. The van der Waals surface area contributed by atoms with Crippen molar-refractivity contribution in [1.82, 2.24) is 4.90 Å². The summed E-state index contributed by atoms with van der Waals surface area (Å²) in [6.45, 7) is 7.91. The number of amides is 1. The standard InChI is InChI=1S/C17H25NO4/c1-4-5-8-21-16(20)13-12-6-7-17(22-12)10-18(9-11(2)3)15(19)14(13)17/h6-7,11-14H,4-5,8-10H2,1-3H3/t12-,13+,14-,17+/m0/s1. The van der Waals surface area contributed by atoms with Gasteiger partial charge in [-0.2, -0.15) is 0 Å². The lowest BCUT2D eigenvalue weighted by Gasteiger charge is -2.22. The molecule has 2 fully saturated rings. The molecule has 22 heavy (non-hydrogen) atoms. The van der Waals surface area contributed by atoms with Crippen molar-refractivity contribution in [2.75, 3.05) is 19.7 Å². The van der Waals surface area contributed by atoms with Crippen molar-refractivity contribution in [1.29, 1.82) is 0 Å². The fourth-order valence-electron chi connectivity index (χ4n) is 3.86. The molecule has 2 bridgehead atoms. The van der Waals surface area contributed by atoms with Gasteiger partial charge in [0.25, 0.3) is 0 Å². The summed E-state index contributed by atoms with van der Waals surface area (Å²) in [5.74, 6) is -0.732. The summed E-state index contributed by atoms with van der Waals surface area (Å²) in [7, 11) is 0. The molecule has 5 heteroatoms. The molecular formula is C17H25NO4. The molecule has 0 aromatic heterocycles. The normalized spacial score (nSPS) is 35.5. The fraction of sp³-hybridized carbons (Fsp3) is 0.765. The predicted octanol–water partition coefficient (Wildman–Crippen LogP) is 1.77. The second kappa shape index (κ2) is 5.69. The molecule has 3 rings (SSSR count). The molecule has 0 aromatic carbocycles. The van der Waals surface area contributed by atoms with E-state index in [0.29, 0.717) is 25.6 Å². The molecule has 5 nitrogen and oxygen atoms in total. The van der Waals surface area contributed by atoms with Crippen molar-refractivity contribution in [2.45, 2.75) is 45.3 Å². The molecule has 0 N–H and O–H groups in total. The number of hydrogen-bond donors (Lipinski definition) is 0. The molecule has 122 valence electrons. The summed E-state index contributed by atoms with van der Waals surface area (Å²) in [5.41, 5.74) is -0.606. The van der Waals surface area contributed by atoms with Crippen molar-refractivity contribution in [3.63, 3.8) is 0 Å². The smallest absolute Gasteiger partial charge is 0.312 e. The van der Waals surface area contributed by atoms with E-state index in [1.165, 1.54) is 0 Å². The summed E-state index contributed by atoms with van der Waals surface area (Å²) in [5, 5.41) is 0. The number of ether oxygens (including phenoxy) is 2. The number of carbonyl (C=O) groups is 2. The first-order chi connectivity index (χ1) is 10.5. The van der Waals surface area contributed by atoms with Crippen molar-refractivity contribution in [2.24, 2.45) is 17.8 Å². The van der Waals surface area contributed by atoms with Gasteiger partial charge in [-0.1, -0.05) is 39.3 Å². The van der Waals surface area contributed by atoms with Gasteiger partial charge in [-0.25, -0.2) is 0 Å². The number of likely N-dealkylation sites (tertiary alicyclic amines) is 1. The van der Waals surface area contributed by atoms with E-state index in [1.807, 2.05) is 17.1 Å². The van der Waals surface area contributed by atoms with Gasteiger partial charge in [0.2, 0.25) is 5.91 Å². The lowest BCUT2D eigenvalue weighted by molar-refractivity contribution is -0.154. The fourth-order valence-corrected chi connectivity index (χ4v) is 3.86. The van der Waals surface area contributed by atoms with Gasteiger partial charge in [0.15, 0.2) is 0 Å². The van der Waals surface area contributed by atoms with Crippen LogP contribution in [0.15, 0.2) is 12.2 Å². The summed E-state index contributed by atoms with van der Waals surface area (Å²) < 4.78 is 11.4. The molecule has 3 aliphatic rings. The van der Waals surface area contributed by atoms with Crippen LogP contribution < -0.4 is 0 Å². The van der Waals surface area contributed by atoms with Crippen LogP contribution in [0.1, 0.15) is 33.6 Å². The number of unbranched alkanes of at least 4 members (excludes halogenated alkanes) is 1. The highest BCUT2D eigenvalue weighted by Gasteiger charge is 2.67. The molecule has 0 saturated carbocycles. The highest BCUT2D eigenvalue weighted by atomic mass is 16.6.